The number of hydrogen-bond acceptors (Lipinski definition) is 5. The van der Waals surface area contributed by atoms with Crippen molar-refractivity contribution in [1.29, 1.82) is 0 Å². The lowest BCUT2D eigenvalue weighted by atomic mass is 10.3. The minimum Gasteiger partial charge on any atom is -0.505 e. The summed E-state index contributed by atoms with van der Waals surface area (Å²) in [7, 11) is -3.02. The Kier molecular flexibility index (Phi) is 3.01. The zero-order chi connectivity index (χ0) is 12.5. The first-order chi connectivity index (χ1) is 7.99. The topological polar surface area (TPSA) is 87.6 Å². The molecule has 1 saturated heterocycles. The summed E-state index contributed by atoms with van der Waals surface area (Å²) < 4.78 is 22.4. The predicted molar refractivity (Wildman–Crippen MR) is 60.5 cm³/mol. The molecule has 1 fully saturated rings. The molecule has 0 spiro atoms. The zero-order valence-corrected chi connectivity index (χ0v) is 9.85. The molecule has 0 aliphatic carbocycles. The highest BCUT2D eigenvalue weighted by molar-refractivity contribution is 7.91. The molecule has 2 heterocycles. The summed E-state index contributed by atoms with van der Waals surface area (Å²) in [5.41, 5.74) is -0.0354. The van der Waals surface area contributed by atoms with Gasteiger partial charge in [-0.3, -0.25) is 4.79 Å². The summed E-state index contributed by atoms with van der Waals surface area (Å²) >= 11 is 0. The molecule has 0 aromatic carbocycles. The van der Waals surface area contributed by atoms with Crippen molar-refractivity contribution in [2.24, 2.45) is 0 Å². The van der Waals surface area contributed by atoms with Crippen molar-refractivity contribution in [3.05, 3.63) is 24.0 Å². The molecule has 0 saturated carbocycles. The average Bonchev–Trinajstić information content (AvgIpc) is 2.29. The molecule has 0 bridgehead atoms. The van der Waals surface area contributed by atoms with Crippen molar-refractivity contribution in [3.8, 4) is 5.75 Å². The third-order valence-electron chi connectivity index (χ3n) is 2.62. The Bertz CT molecular complexity index is 527. The molecular weight excluding hydrogens is 244 g/mol. The van der Waals surface area contributed by atoms with E-state index in [0.717, 1.165) is 0 Å². The number of sulfone groups is 1. The van der Waals surface area contributed by atoms with Crippen LogP contribution in [0.15, 0.2) is 18.3 Å². The molecule has 1 aromatic heterocycles. The number of rotatable bonds is 1. The van der Waals surface area contributed by atoms with Crippen LogP contribution in [0, 0.1) is 0 Å². The Balaban J connectivity index is 2.15. The number of nitrogens with zero attached hydrogens (tertiary/aromatic N) is 2. The number of aromatic hydroxyl groups is 1. The highest BCUT2D eigenvalue weighted by atomic mass is 32.2. The second-order valence-corrected chi connectivity index (χ2v) is 6.12. The molecule has 1 amide bonds. The maximum atomic E-state index is 11.9. The number of carbonyl (C=O) groups excluding carboxylic acids is 1. The molecule has 1 aromatic rings. The van der Waals surface area contributed by atoms with Gasteiger partial charge in [-0.1, -0.05) is 0 Å². The van der Waals surface area contributed by atoms with Gasteiger partial charge < -0.3 is 10.0 Å². The van der Waals surface area contributed by atoms with Crippen molar-refractivity contribution in [2.45, 2.75) is 0 Å². The molecule has 17 heavy (non-hydrogen) atoms. The molecule has 0 unspecified atom stereocenters. The highest BCUT2D eigenvalue weighted by Crippen LogP contribution is 2.16. The second-order valence-electron chi connectivity index (χ2n) is 3.82. The molecule has 2 rings (SSSR count). The molecular formula is C10H12N2O4S. The third-order valence-corrected chi connectivity index (χ3v) is 4.23. The standard InChI is InChI=1S/C10H12N2O4S/c13-8-2-1-3-11-9(8)10(14)12-4-6-17(15,16)7-5-12/h1-3,13H,4-7H2. The van der Waals surface area contributed by atoms with E-state index in [1.165, 1.54) is 23.2 Å². The minimum absolute atomic E-state index is 0.0354. The molecule has 1 aliphatic heterocycles. The Morgan fingerprint density at radius 2 is 2.00 bits per heavy atom. The van der Waals surface area contributed by atoms with Crippen LogP contribution in [-0.2, 0) is 9.84 Å². The summed E-state index contributed by atoms with van der Waals surface area (Å²) in [4.78, 5) is 17.1. The molecule has 0 radical (unpaired) electrons. The van der Waals surface area contributed by atoms with Gasteiger partial charge in [-0.25, -0.2) is 13.4 Å². The van der Waals surface area contributed by atoms with Crippen LogP contribution >= 0.6 is 0 Å². The molecule has 1 aliphatic rings. The smallest absolute Gasteiger partial charge is 0.276 e. The van der Waals surface area contributed by atoms with Gasteiger partial charge in [0.05, 0.1) is 11.5 Å². The van der Waals surface area contributed by atoms with Crippen LogP contribution in [0.4, 0.5) is 0 Å². The maximum absolute atomic E-state index is 11.9. The largest absolute Gasteiger partial charge is 0.505 e. The number of pyridine rings is 1. The predicted octanol–water partition coefficient (Wildman–Crippen LogP) is -0.342. The molecule has 6 nitrogen and oxygen atoms in total. The van der Waals surface area contributed by atoms with Crippen molar-refractivity contribution in [1.82, 2.24) is 9.88 Å². The van der Waals surface area contributed by atoms with E-state index in [9.17, 15) is 18.3 Å². The maximum Gasteiger partial charge on any atom is 0.276 e. The van der Waals surface area contributed by atoms with Gasteiger partial charge in [-0.2, -0.15) is 0 Å². The van der Waals surface area contributed by atoms with Gasteiger partial charge in [0.25, 0.3) is 5.91 Å². The Labute approximate surface area is 98.8 Å². The highest BCUT2D eigenvalue weighted by Gasteiger charge is 2.27. The monoisotopic (exact) mass is 256 g/mol. The third kappa shape index (κ3) is 2.55. The average molecular weight is 256 g/mol. The first-order valence-corrected chi connectivity index (χ1v) is 6.95. The second kappa shape index (κ2) is 4.33. The Morgan fingerprint density at radius 1 is 1.35 bits per heavy atom. The molecule has 0 atom stereocenters. The molecule has 1 N–H and O–H groups in total. The summed E-state index contributed by atoms with van der Waals surface area (Å²) in [6.07, 6.45) is 1.41. The van der Waals surface area contributed by atoms with Gasteiger partial charge in [0, 0.05) is 19.3 Å². The van der Waals surface area contributed by atoms with E-state index in [2.05, 4.69) is 4.98 Å². The van der Waals surface area contributed by atoms with Crippen molar-refractivity contribution in [2.75, 3.05) is 24.6 Å². The van der Waals surface area contributed by atoms with Crippen LogP contribution in [0.25, 0.3) is 0 Å². The number of hydrogen-bond donors (Lipinski definition) is 1. The van der Waals surface area contributed by atoms with Gasteiger partial charge in [0.2, 0.25) is 0 Å². The van der Waals surface area contributed by atoms with E-state index < -0.39 is 15.7 Å². The fraction of sp³-hybridized carbons (Fsp3) is 0.400. The van der Waals surface area contributed by atoms with Crippen LogP contribution in [0.3, 0.4) is 0 Å². The van der Waals surface area contributed by atoms with Crippen LogP contribution < -0.4 is 0 Å². The lowest BCUT2D eigenvalue weighted by molar-refractivity contribution is 0.0761. The van der Waals surface area contributed by atoms with Crippen LogP contribution in [0.5, 0.6) is 5.75 Å². The molecule has 92 valence electrons. The van der Waals surface area contributed by atoms with Gasteiger partial charge in [0.15, 0.2) is 15.5 Å². The fourth-order valence-corrected chi connectivity index (χ4v) is 2.83. The first kappa shape index (κ1) is 11.8. The lowest BCUT2D eigenvalue weighted by Crippen LogP contribution is -2.44. The van der Waals surface area contributed by atoms with Crippen LogP contribution in [0.1, 0.15) is 10.5 Å². The van der Waals surface area contributed by atoms with Gasteiger partial charge in [0.1, 0.15) is 5.75 Å². The first-order valence-electron chi connectivity index (χ1n) is 5.13. The van der Waals surface area contributed by atoms with Crippen molar-refractivity contribution < 1.29 is 18.3 Å². The van der Waals surface area contributed by atoms with E-state index in [4.69, 9.17) is 0 Å². The Hall–Kier alpha value is -1.63. The van der Waals surface area contributed by atoms with Gasteiger partial charge in [-0.15, -0.1) is 0 Å². The summed E-state index contributed by atoms with van der Waals surface area (Å²) in [6.45, 7) is 0.300. The summed E-state index contributed by atoms with van der Waals surface area (Å²) in [5.74, 6) is -0.692. The fourth-order valence-electron chi connectivity index (χ4n) is 1.63. The van der Waals surface area contributed by atoms with Crippen LogP contribution in [0.2, 0.25) is 0 Å². The zero-order valence-electron chi connectivity index (χ0n) is 9.04. The Morgan fingerprint density at radius 3 is 2.59 bits per heavy atom. The normalized spacial score (nSPS) is 18.9. The van der Waals surface area contributed by atoms with E-state index in [1.54, 1.807) is 0 Å². The van der Waals surface area contributed by atoms with E-state index >= 15 is 0 Å². The lowest BCUT2D eigenvalue weighted by Gasteiger charge is -2.26. The number of aromatic nitrogens is 1. The number of carbonyl (C=O) groups is 1. The van der Waals surface area contributed by atoms with Crippen molar-refractivity contribution >= 4 is 15.7 Å². The van der Waals surface area contributed by atoms with E-state index in [-0.39, 0.29) is 36.0 Å². The van der Waals surface area contributed by atoms with Gasteiger partial charge >= 0.3 is 0 Å². The van der Waals surface area contributed by atoms with E-state index in [0.29, 0.717) is 0 Å². The van der Waals surface area contributed by atoms with Crippen molar-refractivity contribution in [3.63, 3.8) is 0 Å². The van der Waals surface area contributed by atoms with Crippen LogP contribution in [-0.4, -0.2) is 53.9 Å². The number of amides is 1. The SMILES string of the molecule is O=C(c1ncccc1O)N1CCS(=O)(=O)CC1. The van der Waals surface area contributed by atoms with Gasteiger partial charge in [-0.05, 0) is 12.1 Å². The van der Waals surface area contributed by atoms with E-state index in [1.807, 2.05) is 0 Å². The summed E-state index contributed by atoms with van der Waals surface area (Å²) in [5, 5.41) is 9.49. The minimum atomic E-state index is -3.02. The summed E-state index contributed by atoms with van der Waals surface area (Å²) in [6, 6.07) is 2.90. The quantitative estimate of drug-likeness (QED) is 0.742. The molecule has 7 heteroatoms.